The van der Waals surface area contributed by atoms with Crippen molar-refractivity contribution in [3.8, 4) is 0 Å². The molecule has 0 bridgehead atoms. The maximum absolute atomic E-state index is 12.7. The van der Waals surface area contributed by atoms with E-state index in [1.807, 2.05) is 0 Å². The van der Waals surface area contributed by atoms with Gasteiger partial charge in [-0.2, -0.15) is 0 Å². The molecule has 3 nitrogen and oxygen atoms in total. The fourth-order valence-electron chi connectivity index (χ4n) is 0.892. The van der Waals surface area contributed by atoms with Gasteiger partial charge in [-0.3, -0.25) is 0 Å². The molecule has 5 heteroatoms. The lowest BCUT2D eigenvalue weighted by Gasteiger charge is -2.01. The van der Waals surface area contributed by atoms with E-state index >= 15 is 0 Å². The fraction of sp³-hybridized carbons (Fsp3) is 0.125. The molecule has 0 saturated carbocycles. The standard InChI is InChI=1S/C8H6F2O3/c9-6-2-4(3-11)1-5(7(6)10)8(12)13/h1-2,11H,3H2,(H,12,13). The van der Waals surface area contributed by atoms with Crippen LogP contribution in [-0.2, 0) is 6.61 Å². The topological polar surface area (TPSA) is 57.5 Å². The van der Waals surface area contributed by atoms with Crippen LogP contribution in [-0.4, -0.2) is 16.2 Å². The maximum atomic E-state index is 12.7. The molecule has 0 radical (unpaired) electrons. The summed E-state index contributed by atoms with van der Waals surface area (Å²) in [5, 5.41) is 17.0. The highest BCUT2D eigenvalue weighted by molar-refractivity contribution is 5.88. The third-order valence-corrected chi connectivity index (χ3v) is 1.50. The number of benzene rings is 1. The monoisotopic (exact) mass is 188 g/mol. The van der Waals surface area contributed by atoms with Crippen molar-refractivity contribution in [2.45, 2.75) is 6.61 Å². The van der Waals surface area contributed by atoms with E-state index in [4.69, 9.17) is 10.2 Å². The fourth-order valence-corrected chi connectivity index (χ4v) is 0.892. The second-order valence-corrected chi connectivity index (χ2v) is 2.40. The molecule has 2 N–H and O–H groups in total. The second kappa shape index (κ2) is 3.49. The molecule has 0 aliphatic rings. The van der Waals surface area contributed by atoms with Crippen LogP contribution in [0.3, 0.4) is 0 Å². The van der Waals surface area contributed by atoms with Gasteiger partial charge in [-0.25, -0.2) is 13.6 Å². The Balaban J connectivity index is 3.33. The van der Waals surface area contributed by atoms with Crippen LogP contribution in [0.5, 0.6) is 0 Å². The number of aliphatic hydroxyl groups is 1. The minimum absolute atomic E-state index is 0.0244. The van der Waals surface area contributed by atoms with E-state index in [1.165, 1.54) is 0 Å². The van der Waals surface area contributed by atoms with E-state index < -0.39 is 29.8 Å². The average Bonchev–Trinajstić information content (AvgIpc) is 2.09. The van der Waals surface area contributed by atoms with E-state index in [2.05, 4.69) is 0 Å². The van der Waals surface area contributed by atoms with Crippen LogP contribution in [0.1, 0.15) is 15.9 Å². The van der Waals surface area contributed by atoms with E-state index in [0.717, 1.165) is 12.1 Å². The van der Waals surface area contributed by atoms with E-state index in [1.54, 1.807) is 0 Å². The molecule has 1 aromatic carbocycles. The van der Waals surface area contributed by atoms with Crippen LogP contribution < -0.4 is 0 Å². The quantitative estimate of drug-likeness (QED) is 0.732. The number of carboxylic acids is 1. The number of aromatic carboxylic acids is 1. The molecule has 70 valence electrons. The van der Waals surface area contributed by atoms with Gasteiger partial charge in [0, 0.05) is 0 Å². The highest BCUT2D eigenvalue weighted by Crippen LogP contribution is 2.15. The van der Waals surface area contributed by atoms with Crippen molar-refractivity contribution < 1.29 is 23.8 Å². The number of aliphatic hydroxyl groups excluding tert-OH is 1. The van der Waals surface area contributed by atoms with Gasteiger partial charge >= 0.3 is 5.97 Å². The Kier molecular flexibility index (Phi) is 2.57. The van der Waals surface area contributed by atoms with Crippen molar-refractivity contribution in [2.75, 3.05) is 0 Å². The zero-order valence-corrected chi connectivity index (χ0v) is 6.42. The molecular formula is C8H6F2O3. The SMILES string of the molecule is O=C(O)c1cc(CO)cc(F)c1F. The third kappa shape index (κ3) is 1.81. The Morgan fingerprint density at radius 1 is 1.38 bits per heavy atom. The minimum atomic E-state index is -1.56. The summed E-state index contributed by atoms with van der Waals surface area (Å²) >= 11 is 0. The number of hydrogen-bond donors (Lipinski definition) is 2. The molecule has 0 unspecified atom stereocenters. The molecule has 0 saturated heterocycles. The van der Waals surface area contributed by atoms with Crippen LogP contribution in [0, 0.1) is 11.6 Å². The molecule has 0 spiro atoms. The molecule has 0 fully saturated rings. The van der Waals surface area contributed by atoms with Crippen molar-refractivity contribution in [3.05, 3.63) is 34.9 Å². The lowest BCUT2D eigenvalue weighted by molar-refractivity contribution is 0.0690. The average molecular weight is 188 g/mol. The molecule has 0 aliphatic carbocycles. The third-order valence-electron chi connectivity index (χ3n) is 1.50. The maximum Gasteiger partial charge on any atom is 0.338 e. The van der Waals surface area contributed by atoms with Gasteiger partial charge in [0.15, 0.2) is 11.6 Å². The lowest BCUT2D eigenvalue weighted by Crippen LogP contribution is -2.04. The van der Waals surface area contributed by atoms with Crippen molar-refractivity contribution in [1.82, 2.24) is 0 Å². The van der Waals surface area contributed by atoms with E-state index in [-0.39, 0.29) is 5.56 Å². The summed E-state index contributed by atoms with van der Waals surface area (Å²) in [4.78, 5) is 10.4. The lowest BCUT2D eigenvalue weighted by atomic mass is 10.1. The molecule has 13 heavy (non-hydrogen) atoms. The second-order valence-electron chi connectivity index (χ2n) is 2.40. The predicted octanol–water partition coefficient (Wildman–Crippen LogP) is 1.16. The van der Waals surface area contributed by atoms with Gasteiger partial charge in [-0.05, 0) is 17.7 Å². The number of rotatable bonds is 2. The van der Waals surface area contributed by atoms with Crippen LogP contribution in [0.25, 0.3) is 0 Å². The number of carbonyl (C=O) groups is 1. The molecule has 0 amide bonds. The highest BCUT2D eigenvalue weighted by atomic mass is 19.2. The van der Waals surface area contributed by atoms with Gasteiger partial charge in [0.05, 0.1) is 12.2 Å². The molecular weight excluding hydrogens is 182 g/mol. The number of carboxylic acid groups (broad SMARTS) is 1. The summed E-state index contributed by atoms with van der Waals surface area (Å²) in [6.07, 6.45) is 0. The molecule has 0 atom stereocenters. The first kappa shape index (κ1) is 9.60. The Bertz CT molecular complexity index is 349. The zero-order chi connectivity index (χ0) is 10.0. The summed E-state index contributed by atoms with van der Waals surface area (Å²) in [5.74, 6) is -4.25. The first-order valence-electron chi connectivity index (χ1n) is 3.38. The largest absolute Gasteiger partial charge is 0.478 e. The predicted molar refractivity (Wildman–Crippen MR) is 39.2 cm³/mol. The Morgan fingerprint density at radius 2 is 2.00 bits per heavy atom. The van der Waals surface area contributed by atoms with E-state index in [0.29, 0.717) is 0 Å². The Labute approximate surface area is 72.2 Å². The molecule has 1 aromatic rings. The van der Waals surface area contributed by atoms with Crippen LogP contribution >= 0.6 is 0 Å². The smallest absolute Gasteiger partial charge is 0.338 e. The highest BCUT2D eigenvalue weighted by Gasteiger charge is 2.15. The van der Waals surface area contributed by atoms with Gasteiger partial charge in [0.2, 0.25) is 0 Å². The van der Waals surface area contributed by atoms with E-state index in [9.17, 15) is 13.6 Å². The first-order valence-corrected chi connectivity index (χ1v) is 3.38. The zero-order valence-electron chi connectivity index (χ0n) is 6.42. The minimum Gasteiger partial charge on any atom is -0.478 e. The summed E-state index contributed by atoms with van der Waals surface area (Å²) in [5.41, 5.74) is -0.750. The normalized spacial score (nSPS) is 10.1. The molecule has 0 aliphatic heterocycles. The van der Waals surface area contributed by atoms with Gasteiger partial charge in [-0.1, -0.05) is 0 Å². The Morgan fingerprint density at radius 3 is 2.46 bits per heavy atom. The summed E-state index contributed by atoms with van der Waals surface area (Å²) in [7, 11) is 0. The van der Waals surface area contributed by atoms with Gasteiger partial charge < -0.3 is 10.2 Å². The van der Waals surface area contributed by atoms with Crippen molar-refractivity contribution in [1.29, 1.82) is 0 Å². The Hall–Kier alpha value is -1.49. The van der Waals surface area contributed by atoms with Gasteiger partial charge in [-0.15, -0.1) is 0 Å². The van der Waals surface area contributed by atoms with Crippen molar-refractivity contribution in [3.63, 3.8) is 0 Å². The summed E-state index contributed by atoms with van der Waals surface area (Å²) in [6, 6.07) is 1.64. The number of hydrogen-bond acceptors (Lipinski definition) is 2. The van der Waals surface area contributed by atoms with Crippen LogP contribution in [0.4, 0.5) is 8.78 Å². The molecule has 1 rings (SSSR count). The van der Waals surface area contributed by atoms with Crippen molar-refractivity contribution in [2.24, 2.45) is 0 Å². The van der Waals surface area contributed by atoms with Crippen LogP contribution in [0.2, 0.25) is 0 Å². The van der Waals surface area contributed by atoms with Gasteiger partial charge in [0.1, 0.15) is 0 Å². The summed E-state index contributed by atoms with van der Waals surface area (Å²) in [6.45, 7) is -0.530. The van der Waals surface area contributed by atoms with Crippen molar-refractivity contribution >= 4 is 5.97 Å². The molecule has 0 aromatic heterocycles. The molecule has 0 heterocycles. The van der Waals surface area contributed by atoms with Crippen LogP contribution in [0.15, 0.2) is 12.1 Å². The first-order chi connectivity index (χ1) is 6.06. The summed E-state index contributed by atoms with van der Waals surface area (Å²) < 4.78 is 25.4. The number of halogens is 2. The van der Waals surface area contributed by atoms with Gasteiger partial charge in [0.25, 0.3) is 0 Å².